The Hall–Kier alpha value is -2.43. The highest BCUT2D eigenvalue weighted by atomic mass is 35.5. The molecule has 0 aromatic heterocycles. The molecule has 0 unspecified atom stereocenters. The van der Waals surface area contributed by atoms with Crippen molar-refractivity contribution in [3.63, 3.8) is 0 Å². The maximum Gasteiger partial charge on any atom is 0.402 e. The van der Waals surface area contributed by atoms with Crippen LogP contribution >= 0.6 is 11.6 Å². The average Bonchev–Trinajstić information content (AvgIpc) is 2.61. The Kier molecular flexibility index (Phi) is 6.81. The Morgan fingerprint density at radius 2 is 1.75 bits per heavy atom. The van der Waals surface area contributed by atoms with Gasteiger partial charge >= 0.3 is 6.18 Å². The number of benzene rings is 2. The van der Waals surface area contributed by atoms with Gasteiger partial charge in [0, 0.05) is 11.8 Å². The van der Waals surface area contributed by atoms with Crippen LogP contribution in [-0.4, -0.2) is 27.0 Å². The number of carbonyl (C=O) groups is 1. The van der Waals surface area contributed by atoms with Crippen molar-refractivity contribution in [2.45, 2.75) is 11.1 Å². The fourth-order valence-corrected chi connectivity index (χ4v) is 3.15. The molecule has 2 aromatic carbocycles. The third-order valence-electron chi connectivity index (χ3n) is 3.27. The van der Waals surface area contributed by atoms with Gasteiger partial charge in [-0.15, -0.1) is 0 Å². The van der Waals surface area contributed by atoms with Crippen LogP contribution in [0.15, 0.2) is 53.4 Å². The molecule has 2 aromatic rings. The summed E-state index contributed by atoms with van der Waals surface area (Å²) in [6, 6.07) is 8.44. The Morgan fingerprint density at radius 1 is 1.11 bits per heavy atom. The summed E-state index contributed by atoms with van der Waals surface area (Å²) in [5.41, 5.74) is 0.709. The summed E-state index contributed by atoms with van der Waals surface area (Å²) < 4.78 is 74.5. The van der Waals surface area contributed by atoms with Crippen molar-refractivity contribution in [1.29, 1.82) is 0 Å². The van der Waals surface area contributed by atoms with Crippen molar-refractivity contribution in [2.24, 2.45) is 0 Å². The van der Waals surface area contributed by atoms with Gasteiger partial charge in [-0.05, 0) is 48.0 Å². The van der Waals surface area contributed by atoms with Crippen LogP contribution < -0.4 is 10.0 Å². The monoisotopic (exact) mass is 436 g/mol. The first-order chi connectivity index (χ1) is 13.0. The van der Waals surface area contributed by atoms with E-state index in [1.54, 1.807) is 0 Å². The molecule has 28 heavy (non-hydrogen) atoms. The Labute approximate surface area is 163 Å². The van der Waals surface area contributed by atoms with E-state index >= 15 is 0 Å². The van der Waals surface area contributed by atoms with Crippen LogP contribution in [0.4, 0.5) is 23.2 Å². The molecule has 0 aliphatic carbocycles. The highest BCUT2D eigenvalue weighted by Crippen LogP contribution is 2.18. The second-order valence-corrected chi connectivity index (χ2v) is 7.63. The molecular formula is C17H13ClF4N2O3S. The van der Waals surface area contributed by atoms with Gasteiger partial charge in [-0.1, -0.05) is 17.7 Å². The summed E-state index contributed by atoms with van der Waals surface area (Å²) in [5, 5.41) is 2.35. The highest BCUT2D eigenvalue weighted by molar-refractivity contribution is 7.89. The second kappa shape index (κ2) is 8.72. The number of hydrogen-bond acceptors (Lipinski definition) is 3. The third-order valence-corrected chi connectivity index (χ3v) is 4.97. The minimum Gasteiger partial charge on any atom is -0.323 e. The zero-order valence-electron chi connectivity index (χ0n) is 13.9. The van der Waals surface area contributed by atoms with Crippen LogP contribution in [-0.2, 0) is 14.8 Å². The Morgan fingerprint density at radius 3 is 2.32 bits per heavy atom. The second-order valence-electron chi connectivity index (χ2n) is 5.46. The van der Waals surface area contributed by atoms with E-state index in [4.69, 9.17) is 11.6 Å². The number of anilines is 1. The van der Waals surface area contributed by atoms with Crippen LogP contribution in [0, 0.1) is 5.82 Å². The van der Waals surface area contributed by atoms with Crippen LogP contribution in [0.2, 0.25) is 5.02 Å². The first-order valence-electron chi connectivity index (χ1n) is 7.57. The fraction of sp³-hybridized carbons (Fsp3) is 0.118. The molecule has 150 valence electrons. The van der Waals surface area contributed by atoms with Gasteiger partial charge in [0.05, 0.1) is 9.92 Å². The molecular weight excluding hydrogens is 424 g/mol. The van der Waals surface area contributed by atoms with Crippen LogP contribution in [0.25, 0.3) is 6.08 Å². The predicted octanol–water partition coefficient (Wildman–Crippen LogP) is 3.97. The Bertz CT molecular complexity index is 990. The van der Waals surface area contributed by atoms with Gasteiger partial charge in [0.1, 0.15) is 12.4 Å². The minimum absolute atomic E-state index is 0.0986. The summed E-state index contributed by atoms with van der Waals surface area (Å²) in [6.45, 7) is -1.69. The summed E-state index contributed by atoms with van der Waals surface area (Å²) in [5.74, 6) is -1.16. The van der Waals surface area contributed by atoms with E-state index in [-0.39, 0.29) is 15.6 Å². The molecule has 0 bridgehead atoms. The van der Waals surface area contributed by atoms with E-state index in [2.05, 4.69) is 5.32 Å². The predicted molar refractivity (Wildman–Crippen MR) is 96.8 cm³/mol. The van der Waals surface area contributed by atoms with E-state index < -0.39 is 34.5 Å². The molecule has 0 heterocycles. The van der Waals surface area contributed by atoms with Gasteiger partial charge in [-0.25, -0.2) is 17.5 Å². The molecule has 0 aliphatic heterocycles. The number of sulfonamides is 1. The summed E-state index contributed by atoms with van der Waals surface area (Å²) in [7, 11) is -4.33. The van der Waals surface area contributed by atoms with E-state index in [0.29, 0.717) is 5.56 Å². The summed E-state index contributed by atoms with van der Waals surface area (Å²) >= 11 is 5.63. The smallest absolute Gasteiger partial charge is 0.323 e. The number of halogens is 5. The molecule has 11 heteroatoms. The van der Waals surface area contributed by atoms with E-state index in [0.717, 1.165) is 24.3 Å². The molecule has 0 atom stereocenters. The maximum absolute atomic E-state index is 13.1. The topological polar surface area (TPSA) is 75.3 Å². The standard InChI is InChI=1S/C17H13ClF4N2O3S/c18-14-9-11(1-7-15(14)19)2-8-16(25)24-12-3-5-13(6-4-12)28(26,27)23-10-17(20,21)22/h1-9,23H,10H2,(H,24,25)/b8-2+. The molecule has 2 N–H and O–H groups in total. The molecule has 2 rings (SSSR count). The number of hydrogen-bond donors (Lipinski definition) is 2. The lowest BCUT2D eigenvalue weighted by molar-refractivity contribution is -0.121. The fourth-order valence-electron chi connectivity index (χ4n) is 1.95. The zero-order chi connectivity index (χ0) is 20.9. The lowest BCUT2D eigenvalue weighted by Crippen LogP contribution is -2.33. The summed E-state index contributed by atoms with van der Waals surface area (Å²) in [6.07, 6.45) is -2.14. The van der Waals surface area contributed by atoms with Gasteiger partial charge in [-0.2, -0.15) is 13.2 Å². The molecule has 0 fully saturated rings. The third kappa shape index (κ3) is 6.63. The average molecular weight is 437 g/mol. The lowest BCUT2D eigenvalue weighted by Gasteiger charge is -2.10. The maximum atomic E-state index is 13.1. The van der Waals surface area contributed by atoms with Crippen LogP contribution in [0.5, 0.6) is 0 Å². The lowest BCUT2D eigenvalue weighted by atomic mass is 10.2. The number of carbonyl (C=O) groups excluding carboxylic acids is 1. The van der Waals surface area contributed by atoms with E-state index in [9.17, 15) is 30.8 Å². The quantitative estimate of drug-likeness (QED) is 0.531. The number of amides is 1. The van der Waals surface area contributed by atoms with Crippen LogP contribution in [0.1, 0.15) is 5.56 Å². The van der Waals surface area contributed by atoms with Crippen molar-refractivity contribution in [3.8, 4) is 0 Å². The van der Waals surface area contributed by atoms with Crippen molar-refractivity contribution >= 4 is 39.3 Å². The van der Waals surface area contributed by atoms with Crippen molar-refractivity contribution in [3.05, 3.63) is 64.9 Å². The first-order valence-corrected chi connectivity index (χ1v) is 9.43. The van der Waals surface area contributed by atoms with Crippen LogP contribution in [0.3, 0.4) is 0 Å². The molecule has 5 nitrogen and oxygen atoms in total. The molecule has 0 saturated carbocycles. The van der Waals surface area contributed by atoms with E-state index in [1.165, 1.54) is 35.1 Å². The Balaban J connectivity index is 2.00. The molecule has 0 spiro atoms. The summed E-state index contributed by atoms with van der Waals surface area (Å²) in [4.78, 5) is 11.5. The van der Waals surface area contributed by atoms with Crippen molar-refractivity contribution < 1.29 is 30.8 Å². The SMILES string of the molecule is O=C(/C=C/c1ccc(F)c(Cl)c1)Nc1ccc(S(=O)(=O)NCC(F)(F)F)cc1. The normalized spacial score (nSPS) is 12.3. The molecule has 0 radical (unpaired) electrons. The van der Waals surface area contributed by atoms with E-state index in [1.807, 2.05) is 0 Å². The van der Waals surface area contributed by atoms with Gasteiger partial charge in [0.15, 0.2) is 0 Å². The van der Waals surface area contributed by atoms with Gasteiger partial charge in [0.2, 0.25) is 15.9 Å². The first kappa shape index (κ1) is 21.9. The number of alkyl halides is 3. The largest absolute Gasteiger partial charge is 0.402 e. The van der Waals surface area contributed by atoms with Gasteiger partial charge in [-0.3, -0.25) is 4.79 Å². The minimum atomic E-state index is -4.68. The zero-order valence-corrected chi connectivity index (χ0v) is 15.5. The van der Waals surface area contributed by atoms with Gasteiger partial charge in [0.25, 0.3) is 0 Å². The number of rotatable bonds is 6. The van der Waals surface area contributed by atoms with Crippen molar-refractivity contribution in [1.82, 2.24) is 4.72 Å². The highest BCUT2D eigenvalue weighted by Gasteiger charge is 2.30. The molecule has 0 aliphatic rings. The molecule has 1 amide bonds. The molecule has 0 saturated heterocycles. The number of nitrogens with one attached hydrogen (secondary N) is 2. The van der Waals surface area contributed by atoms with Gasteiger partial charge < -0.3 is 5.32 Å². The van der Waals surface area contributed by atoms with Crippen molar-refractivity contribution in [2.75, 3.05) is 11.9 Å².